The van der Waals surface area contributed by atoms with Crippen molar-refractivity contribution in [3.63, 3.8) is 0 Å². The fraction of sp³-hybridized carbons (Fsp3) is 0. The number of rotatable bonds is 1. The van der Waals surface area contributed by atoms with E-state index in [1.165, 1.54) is 24.3 Å². The van der Waals surface area contributed by atoms with Crippen molar-refractivity contribution in [3.05, 3.63) is 41.2 Å². The van der Waals surface area contributed by atoms with E-state index in [0.717, 1.165) is 0 Å². The summed E-state index contributed by atoms with van der Waals surface area (Å²) in [6, 6.07) is 8.59. The van der Waals surface area contributed by atoms with Gasteiger partial charge in [0.2, 0.25) is 0 Å². The Bertz CT molecular complexity index is 430. The van der Waals surface area contributed by atoms with Crippen LogP contribution < -0.4 is 5.73 Å². The number of allylic oxidation sites excluding steroid dienone is 1. The van der Waals surface area contributed by atoms with Crippen LogP contribution in [-0.4, -0.2) is 0 Å². The van der Waals surface area contributed by atoms with Crippen molar-refractivity contribution in [2.24, 2.45) is 5.73 Å². The average molecular weight is 187 g/mol. The van der Waals surface area contributed by atoms with Crippen LogP contribution >= 0.6 is 0 Å². The second-order valence-electron chi connectivity index (χ2n) is 2.52. The fourth-order valence-corrected chi connectivity index (χ4v) is 0.919. The lowest BCUT2D eigenvalue weighted by Gasteiger charge is -2.00. The zero-order chi connectivity index (χ0) is 10.6. The number of nitrogens with two attached hydrogens (primary N) is 1. The van der Waals surface area contributed by atoms with Gasteiger partial charge in [-0.3, -0.25) is 0 Å². The molecule has 3 nitrogen and oxygen atoms in total. The summed E-state index contributed by atoms with van der Waals surface area (Å²) in [6.07, 6.45) is 0. The van der Waals surface area contributed by atoms with Crippen LogP contribution in [0.25, 0.3) is 5.70 Å². The van der Waals surface area contributed by atoms with E-state index in [2.05, 4.69) is 0 Å². The summed E-state index contributed by atoms with van der Waals surface area (Å²) in [4.78, 5) is 0. The van der Waals surface area contributed by atoms with Gasteiger partial charge in [0, 0.05) is 0 Å². The van der Waals surface area contributed by atoms with Crippen molar-refractivity contribution in [2.45, 2.75) is 0 Å². The minimum Gasteiger partial charge on any atom is -0.397 e. The van der Waals surface area contributed by atoms with Gasteiger partial charge in [0.15, 0.2) is 5.57 Å². The number of hydrogen-bond acceptors (Lipinski definition) is 3. The van der Waals surface area contributed by atoms with E-state index < -0.39 is 5.82 Å². The predicted molar refractivity (Wildman–Crippen MR) is 48.7 cm³/mol. The van der Waals surface area contributed by atoms with Gasteiger partial charge in [-0.05, 0) is 29.8 Å². The Morgan fingerprint density at radius 2 is 1.64 bits per heavy atom. The highest BCUT2D eigenvalue weighted by Crippen LogP contribution is 2.13. The number of hydrogen-bond donors (Lipinski definition) is 1. The molecule has 1 aromatic rings. The van der Waals surface area contributed by atoms with Crippen LogP contribution in [0.2, 0.25) is 0 Å². The van der Waals surface area contributed by atoms with Gasteiger partial charge in [0.1, 0.15) is 18.0 Å². The first kappa shape index (κ1) is 9.76. The molecule has 4 heteroatoms. The Labute approximate surface area is 80.5 Å². The molecule has 0 aliphatic carbocycles. The maximum absolute atomic E-state index is 12.5. The highest BCUT2D eigenvalue weighted by molar-refractivity contribution is 5.72. The molecule has 0 heterocycles. The lowest BCUT2D eigenvalue weighted by atomic mass is 10.1. The third-order valence-electron chi connectivity index (χ3n) is 1.65. The van der Waals surface area contributed by atoms with E-state index in [4.69, 9.17) is 16.3 Å². The number of halogens is 1. The molecule has 0 radical (unpaired) electrons. The van der Waals surface area contributed by atoms with Gasteiger partial charge in [-0.1, -0.05) is 0 Å². The molecule has 14 heavy (non-hydrogen) atoms. The summed E-state index contributed by atoms with van der Waals surface area (Å²) >= 11 is 0. The molecule has 1 aromatic carbocycles. The summed E-state index contributed by atoms with van der Waals surface area (Å²) in [5.41, 5.74) is 5.88. The molecule has 0 bridgehead atoms. The van der Waals surface area contributed by atoms with Crippen LogP contribution in [0, 0.1) is 28.5 Å². The third-order valence-corrected chi connectivity index (χ3v) is 1.65. The van der Waals surface area contributed by atoms with Crippen molar-refractivity contribution in [1.82, 2.24) is 0 Å². The maximum atomic E-state index is 12.5. The molecular weight excluding hydrogens is 181 g/mol. The maximum Gasteiger partial charge on any atom is 0.153 e. The average Bonchev–Trinajstić information content (AvgIpc) is 2.20. The number of benzene rings is 1. The minimum atomic E-state index is -0.392. The Hall–Kier alpha value is -2.33. The van der Waals surface area contributed by atoms with Crippen LogP contribution in [0.5, 0.6) is 0 Å². The van der Waals surface area contributed by atoms with Crippen molar-refractivity contribution < 1.29 is 4.39 Å². The summed E-state index contributed by atoms with van der Waals surface area (Å²) < 4.78 is 12.5. The molecule has 0 aromatic heterocycles. The molecule has 68 valence electrons. The molecule has 0 amide bonds. The van der Waals surface area contributed by atoms with E-state index in [1.807, 2.05) is 0 Å². The van der Waals surface area contributed by atoms with Gasteiger partial charge in [0.05, 0.1) is 5.70 Å². The molecule has 2 N–H and O–H groups in total. The Morgan fingerprint density at radius 1 is 1.14 bits per heavy atom. The molecule has 0 aliphatic rings. The van der Waals surface area contributed by atoms with E-state index in [9.17, 15) is 4.39 Å². The highest BCUT2D eigenvalue weighted by atomic mass is 19.1. The van der Waals surface area contributed by atoms with E-state index in [1.54, 1.807) is 12.1 Å². The SMILES string of the molecule is N#CC(C#N)=C(N)c1ccc(F)cc1. The Balaban J connectivity index is 3.21. The summed E-state index contributed by atoms with van der Waals surface area (Å²) in [5.74, 6) is -0.392. The first-order chi connectivity index (χ1) is 6.69. The largest absolute Gasteiger partial charge is 0.397 e. The molecule has 0 saturated heterocycles. The lowest BCUT2D eigenvalue weighted by molar-refractivity contribution is 0.627. The first-order valence-electron chi connectivity index (χ1n) is 3.75. The lowest BCUT2D eigenvalue weighted by Crippen LogP contribution is -1.99. The molecular formula is C10H6FN3. The molecule has 1 rings (SSSR count). The molecule has 0 spiro atoms. The Morgan fingerprint density at radius 3 is 2.07 bits per heavy atom. The molecule has 0 fully saturated rings. The topological polar surface area (TPSA) is 73.6 Å². The predicted octanol–water partition coefficient (Wildman–Crippen LogP) is 1.54. The van der Waals surface area contributed by atoms with Gasteiger partial charge < -0.3 is 5.73 Å². The molecule has 0 saturated carbocycles. The van der Waals surface area contributed by atoms with Crippen molar-refractivity contribution >= 4 is 5.70 Å². The minimum absolute atomic E-state index is 0.0648. The van der Waals surface area contributed by atoms with Crippen LogP contribution in [-0.2, 0) is 0 Å². The quantitative estimate of drug-likeness (QED) is 0.677. The van der Waals surface area contributed by atoms with Crippen LogP contribution in [0.15, 0.2) is 29.8 Å². The first-order valence-corrected chi connectivity index (χ1v) is 3.75. The normalized spacial score (nSPS) is 8.50. The smallest absolute Gasteiger partial charge is 0.153 e. The second kappa shape index (κ2) is 4.06. The number of nitrogens with zero attached hydrogens (tertiary/aromatic N) is 2. The van der Waals surface area contributed by atoms with Crippen molar-refractivity contribution in [2.75, 3.05) is 0 Å². The zero-order valence-electron chi connectivity index (χ0n) is 7.16. The highest BCUT2D eigenvalue weighted by Gasteiger charge is 2.04. The van der Waals surface area contributed by atoms with Crippen LogP contribution in [0.4, 0.5) is 4.39 Å². The summed E-state index contributed by atoms with van der Waals surface area (Å²) in [5, 5.41) is 17.1. The number of nitriles is 2. The molecule has 0 aliphatic heterocycles. The summed E-state index contributed by atoms with van der Waals surface area (Å²) in [7, 11) is 0. The molecule has 0 unspecified atom stereocenters. The van der Waals surface area contributed by atoms with Gasteiger partial charge >= 0.3 is 0 Å². The standard InChI is InChI=1S/C10H6FN3/c11-9-3-1-7(2-4-9)10(14)8(5-12)6-13/h1-4H,14H2. The van der Waals surface area contributed by atoms with Gasteiger partial charge in [-0.15, -0.1) is 0 Å². The summed E-state index contributed by atoms with van der Waals surface area (Å²) in [6.45, 7) is 0. The third kappa shape index (κ3) is 1.88. The van der Waals surface area contributed by atoms with Crippen molar-refractivity contribution in [1.29, 1.82) is 10.5 Å². The van der Waals surface area contributed by atoms with Gasteiger partial charge in [-0.2, -0.15) is 10.5 Å². The zero-order valence-corrected chi connectivity index (χ0v) is 7.16. The van der Waals surface area contributed by atoms with E-state index in [0.29, 0.717) is 5.56 Å². The fourth-order valence-electron chi connectivity index (χ4n) is 0.919. The monoisotopic (exact) mass is 187 g/mol. The van der Waals surface area contributed by atoms with Gasteiger partial charge in [0.25, 0.3) is 0 Å². The van der Waals surface area contributed by atoms with Crippen LogP contribution in [0.3, 0.4) is 0 Å². The van der Waals surface area contributed by atoms with E-state index in [-0.39, 0.29) is 11.3 Å². The van der Waals surface area contributed by atoms with E-state index >= 15 is 0 Å². The van der Waals surface area contributed by atoms with Crippen molar-refractivity contribution in [3.8, 4) is 12.1 Å². The Kier molecular flexibility index (Phi) is 2.83. The van der Waals surface area contributed by atoms with Crippen LogP contribution in [0.1, 0.15) is 5.56 Å². The molecule has 0 atom stereocenters. The van der Waals surface area contributed by atoms with Gasteiger partial charge in [-0.25, -0.2) is 4.39 Å². The second-order valence-corrected chi connectivity index (χ2v) is 2.52.